The Bertz CT molecular complexity index is 435. The van der Waals surface area contributed by atoms with Gasteiger partial charge in [-0.15, -0.1) is 0 Å². The molecule has 1 N–H and O–H groups in total. The van der Waals surface area contributed by atoms with E-state index < -0.39 is 0 Å². The van der Waals surface area contributed by atoms with Crippen LogP contribution in [0.3, 0.4) is 0 Å². The second-order valence-electron chi connectivity index (χ2n) is 5.17. The van der Waals surface area contributed by atoms with Crippen molar-refractivity contribution < 1.29 is 0 Å². The molecular weight excluding hydrogens is 210 g/mol. The molecule has 1 aromatic heterocycles. The molecule has 0 aromatic carbocycles. The van der Waals surface area contributed by atoms with Crippen molar-refractivity contribution in [1.29, 1.82) is 5.26 Å². The SMILES string of the molecule is Cc1c(CNC(C)C2CCC2)cc(C#N)n1C. The first-order chi connectivity index (χ1) is 8.13. The Morgan fingerprint density at radius 1 is 1.59 bits per heavy atom. The third kappa shape index (κ3) is 2.37. The van der Waals surface area contributed by atoms with Crippen LogP contribution in [0.1, 0.15) is 43.1 Å². The van der Waals surface area contributed by atoms with Gasteiger partial charge in [-0.2, -0.15) is 5.26 Å². The predicted octanol–water partition coefficient (Wildman–Crippen LogP) is 2.48. The lowest BCUT2D eigenvalue weighted by Gasteiger charge is -2.32. The van der Waals surface area contributed by atoms with Gasteiger partial charge in [0.05, 0.1) is 0 Å². The van der Waals surface area contributed by atoms with Gasteiger partial charge in [-0.25, -0.2) is 0 Å². The molecule has 1 aliphatic carbocycles. The lowest BCUT2D eigenvalue weighted by atomic mass is 9.80. The van der Waals surface area contributed by atoms with E-state index in [1.807, 2.05) is 17.7 Å². The summed E-state index contributed by atoms with van der Waals surface area (Å²) in [4.78, 5) is 0. The van der Waals surface area contributed by atoms with Crippen molar-refractivity contribution in [2.45, 2.75) is 45.7 Å². The van der Waals surface area contributed by atoms with Gasteiger partial charge in [0, 0.05) is 25.3 Å². The van der Waals surface area contributed by atoms with Crippen LogP contribution in [-0.4, -0.2) is 10.6 Å². The average molecular weight is 231 g/mol. The van der Waals surface area contributed by atoms with Crippen molar-refractivity contribution in [3.63, 3.8) is 0 Å². The lowest BCUT2D eigenvalue weighted by Crippen LogP contribution is -2.36. The molecule has 1 heterocycles. The third-order valence-electron chi connectivity index (χ3n) is 4.23. The third-order valence-corrected chi connectivity index (χ3v) is 4.23. The quantitative estimate of drug-likeness (QED) is 0.865. The molecule has 0 radical (unpaired) electrons. The Labute approximate surface area is 103 Å². The molecule has 1 unspecified atom stereocenters. The molecule has 0 bridgehead atoms. The molecule has 1 aromatic rings. The fourth-order valence-electron chi connectivity index (χ4n) is 2.43. The van der Waals surface area contributed by atoms with E-state index >= 15 is 0 Å². The topological polar surface area (TPSA) is 40.8 Å². The molecule has 17 heavy (non-hydrogen) atoms. The maximum atomic E-state index is 8.98. The molecule has 3 heteroatoms. The molecule has 1 aliphatic rings. The smallest absolute Gasteiger partial charge is 0.120 e. The Morgan fingerprint density at radius 3 is 2.76 bits per heavy atom. The minimum absolute atomic E-state index is 0.592. The first-order valence-electron chi connectivity index (χ1n) is 6.42. The largest absolute Gasteiger partial charge is 0.340 e. The second kappa shape index (κ2) is 4.93. The van der Waals surface area contributed by atoms with Gasteiger partial charge in [-0.3, -0.25) is 0 Å². The van der Waals surface area contributed by atoms with Crippen LogP contribution < -0.4 is 5.32 Å². The van der Waals surface area contributed by atoms with Gasteiger partial charge < -0.3 is 9.88 Å². The van der Waals surface area contributed by atoms with E-state index in [0.29, 0.717) is 6.04 Å². The van der Waals surface area contributed by atoms with Crippen molar-refractivity contribution in [3.8, 4) is 6.07 Å². The lowest BCUT2D eigenvalue weighted by molar-refractivity contribution is 0.240. The number of nitrogens with one attached hydrogen (secondary N) is 1. The van der Waals surface area contributed by atoms with Gasteiger partial charge in [0.2, 0.25) is 0 Å². The van der Waals surface area contributed by atoms with Crippen molar-refractivity contribution in [2.24, 2.45) is 13.0 Å². The van der Waals surface area contributed by atoms with Crippen LogP contribution in [0.25, 0.3) is 0 Å². The summed E-state index contributed by atoms with van der Waals surface area (Å²) in [5, 5.41) is 12.6. The number of nitriles is 1. The van der Waals surface area contributed by atoms with Crippen LogP contribution in [0.5, 0.6) is 0 Å². The summed E-state index contributed by atoms with van der Waals surface area (Å²) in [5.74, 6) is 0.856. The van der Waals surface area contributed by atoms with E-state index in [2.05, 4.69) is 25.2 Å². The van der Waals surface area contributed by atoms with Gasteiger partial charge in [-0.05, 0) is 44.2 Å². The van der Waals surface area contributed by atoms with E-state index in [1.54, 1.807) is 0 Å². The number of aromatic nitrogens is 1. The summed E-state index contributed by atoms with van der Waals surface area (Å²) in [7, 11) is 1.95. The molecule has 0 amide bonds. The zero-order chi connectivity index (χ0) is 12.4. The summed E-state index contributed by atoms with van der Waals surface area (Å²) in [6.07, 6.45) is 4.12. The normalized spacial score (nSPS) is 17.5. The van der Waals surface area contributed by atoms with Gasteiger partial charge in [0.15, 0.2) is 0 Å². The van der Waals surface area contributed by atoms with Crippen LogP contribution in [-0.2, 0) is 13.6 Å². The van der Waals surface area contributed by atoms with Crippen LogP contribution in [0.4, 0.5) is 0 Å². The van der Waals surface area contributed by atoms with Gasteiger partial charge in [0.1, 0.15) is 11.8 Å². The summed E-state index contributed by atoms with van der Waals surface area (Å²) in [6, 6.07) is 4.81. The molecule has 92 valence electrons. The van der Waals surface area contributed by atoms with Crippen LogP contribution in [0.2, 0.25) is 0 Å². The molecule has 1 saturated carbocycles. The summed E-state index contributed by atoms with van der Waals surface area (Å²) in [5.41, 5.74) is 3.18. The Balaban J connectivity index is 1.97. The van der Waals surface area contributed by atoms with E-state index in [0.717, 1.165) is 18.2 Å². The Hall–Kier alpha value is -1.27. The van der Waals surface area contributed by atoms with Gasteiger partial charge in [0.25, 0.3) is 0 Å². The van der Waals surface area contributed by atoms with Crippen molar-refractivity contribution in [2.75, 3.05) is 0 Å². The van der Waals surface area contributed by atoms with E-state index in [-0.39, 0.29) is 0 Å². The van der Waals surface area contributed by atoms with Crippen LogP contribution in [0.15, 0.2) is 6.07 Å². The number of hydrogen-bond donors (Lipinski definition) is 1. The predicted molar refractivity (Wildman–Crippen MR) is 68.5 cm³/mol. The molecule has 2 rings (SSSR count). The Kier molecular flexibility index (Phi) is 3.54. The molecule has 3 nitrogen and oxygen atoms in total. The number of rotatable bonds is 4. The molecule has 0 spiro atoms. The molecule has 0 saturated heterocycles. The van der Waals surface area contributed by atoms with E-state index in [1.165, 1.54) is 30.5 Å². The van der Waals surface area contributed by atoms with E-state index in [4.69, 9.17) is 5.26 Å². The monoisotopic (exact) mass is 231 g/mol. The highest BCUT2D eigenvalue weighted by atomic mass is 15.0. The fraction of sp³-hybridized carbons (Fsp3) is 0.643. The van der Waals surface area contributed by atoms with Crippen LogP contribution in [0, 0.1) is 24.2 Å². The molecule has 1 fully saturated rings. The van der Waals surface area contributed by atoms with Crippen molar-refractivity contribution >= 4 is 0 Å². The summed E-state index contributed by atoms with van der Waals surface area (Å²) < 4.78 is 1.96. The number of nitrogens with zero attached hydrogens (tertiary/aromatic N) is 2. The highest BCUT2D eigenvalue weighted by Crippen LogP contribution is 2.29. The summed E-state index contributed by atoms with van der Waals surface area (Å²) >= 11 is 0. The maximum Gasteiger partial charge on any atom is 0.120 e. The first kappa shape index (κ1) is 12.2. The number of hydrogen-bond acceptors (Lipinski definition) is 2. The molecule has 0 aliphatic heterocycles. The molecular formula is C14H21N3. The van der Waals surface area contributed by atoms with E-state index in [9.17, 15) is 0 Å². The average Bonchev–Trinajstić information content (AvgIpc) is 2.51. The molecule has 1 atom stereocenters. The fourth-order valence-corrected chi connectivity index (χ4v) is 2.43. The Morgan fingerprint density at radius 2 is 2.29 bits per heavy atom. The van der Waals surface area contributed by atoms with Crippen LogP contribution >= 0.6 is 0 Å². The zero-order valence-corrected chi connectivity index (χ0v) is 11.0. The highest BCUT2D eigenvalue weighted by molar-refractivity contribution is 5.34. The highest BCUT2D eigenvalue weighted by Gasteiger charge is 2.23. The zero-order valence-electron chi connectivity index (χ0n) is 11.0. The van der Waals surface area contributed by atoms with Crippen molar-refractivity contribution in [3.05, 3.63) is 23.0 Å². The first-order valence-corrected chi connectivity index (χ1v) is 6.42. The second-order valence-corrected chi connectivity index (χ2v) is 5.17. The van der Waals surface area contributed by atoms with Gasteiger partial charge >= 0.3 is 0 Å². The summed E-state index contributed by atoms with van der Waals surface area (Å²) in [6.45, 7) is 5.22. The standard InChI is InChI=1S/C14H21N3/c1-10(12-5-4-6-12)16-9-13-7-14(8-15)17(3)11(13)2/h7,10,12,16H,4-6,9H2,1-3H3. The minimum atomic E-state index is 0.592. The van der Waals surface area contributed by atoms with Gasteiger partial charge in [-0.1, -0.05) is 6.42 Å². The maximum absolute atomic E-state index is 8.98. The minimum Gasteiger partial charge on any atom is -0.340 e. The van der Waals surface area contributed by atoms with Crippen molar-refractivity contribution in [1.82, 2.24) is 9.88 Å².